The number of carbonyl (C=O) groups is 1. The number of ether oxygens (including phenoxy) is 2. The van der Waals surface area contributed by atoms with Crippen LogP contribution in [0.3, 0.4) is 0 Å². The number of halogens is 1. The highest BCUT2D eigenvalue weighted by molar-refractivity contribution is 5.85. The molecule has 1 fully saturated rings. The molecule has 140 valence electrons. The first kappa shape index (κ1) is 20.1. The molecule has 2 N–H and O–H groups in total. The van der Waals surface area contributed by atoms with Crippen molar-refractivity contribution >= 4 is 18.3 Å². The first-order chi connectivity index (χ1) is 12.2. The summed E-state index contributed by atoms with van der Waals surface area (Å²) in [5, 5.41) is 6.21. The number of para-hydroxylation sites is 2. The van der Waals surface area contributed by atoms with E-state index in [2.05, 4.69) is 10.6 Å². The highest BCUT2D eigenvalue weighted by Gasteiger charge is 2.28. The Hall–Kier alpha value is -2.24. The lowest BCUT2D eigenvalue weighted by Crippen LogP contribution is -2.49. The first-order valence-corrected chi connectivity index (χ1v) is 8.55. The van der Waals surface area contributed by atoms with Gasteiger partial charge in [-0.25, -0.2) is 0 Å². The monoisotopic (exact) mass is 376 g/mol. The third kappa shape index (κ3) is 4.90. The SMILES string of the molecule is COc1ccccc1Oc1ccc(CNC(=O)C(C)C2CNC2)cc1.Cl. The Morgan fingerprint density at radius 3 is 2.38 bits per heavy atom. The average Bonchev–Trinajstić information content (AvgIpc) is 2.60. The second-order valence-electron chi connectivity index (χ2n) is 6.32. The summed E-state index contributed by atoms with van der Waals surface area (Å²) in [5.74, 6) is 2.72. The van der Waals surface area contributed by atoms with E-state index < -0.39 is 0 Å². The Kier molecular flexibility index (Phi) is 7.30. The predicted molar refractivity (Wildman–Crippen MR) is 104 cm³/mol. The van der Waals surface area contributed by atoms with E-state index >= 15 is 0 Å². The van der Waals surface area contributed by atoms with E-state index in [1.807, 2.05) is 55.5 Å². The van der Waals surface area contributed by atoms with Crippen LogP contribution in [0.5, 0.6) is 17.2 Å². The third-order valence-electron chi connectivity index (χ3n) is 4.62. The lowest BCUT2D eigenvalue weighted by Gasteiger charge is -2.31. The normalized spacial score (nSPS) is 14.5. The Morgan fingerprint density at radius 2 is 1.81 bits per heavy atom. The van der Waals surface area contributed by atoms with E-state index in [9.17, 15) is 4.79 Å². The lowest BCUT2D eigenvalue weighted by atomic mass is 9.88. The predicted octanol–water partition coefficient (Wildman–Crippen LogP) is 3.38. The van der Waals surface area contributed by atoms with Gasteiger partial charge in [-0.1, -0.05) is 31.2 Å². The van der Waals surface area contributed by atoms with Crippen molar-refractivity contribution in [1.29, 1.82) is 0 Å². The molecule has 1 heterocycles. The number of hydrogen-bond donors (Lipinski definition) is 2. The highest BCUT2D eigenvalue weighted by Crippen LogP contribution is 2.30. The molecule has 0 bridgehead atoms. The minimum absolute atomic E-state index is 0. The quantitative estimate of drug-likeness (QED) is 0.777. The summed E-state index contributed by atoms with van der Waals surface area (Å²) in [5.41, 5.74) is 1.04. The van der Waals surface area contributed by atoms with Gasteiger partial charge in [0.2, 0.25) is 5.91 Å². The van der Waals surface area contributed by atoms with Crippen molar-refractivity contribution in [3.05, 3.63) is 54.1 Å². The molecule has 6 heteroatoms. The van der Waals surface area contributed by atoms with Gasteiger partial charge in [0.25, 0.3) is 0 Å². The molecule has 26 heavy (non-hydrogen) atoms. The molecule has 1 saturated heterocycles. The Morgan fingerprint density at radius 1 is 1.15 bits per heavy atom. The van der Waals surface area contributed by atoms with Crippen molar-refractivity contribution in [3.8, 4) is 17.2 Å². The zero-order valence-corrected chi connectivity index (χ0v) is 15.8. The number of nitrogens with one attached hydrogen (secondary N) is 2. The standard InChI is InChI=1S/C20H24N2O3.ClH/c1-14(16-12-21-13-16)20(23)22-11-15-7-9-17(10-8-15)25-19-6-4-3-5-18(19)24-2;/h3-10,14,16,21H,11-13H2,1-2H3,(H,22,23);1H. The third-order valence-corrected chi connectivity index (χ3v) is 4.62. The van der Waals surface area contributed by atoms with Crippen molar-refractivity contribution in [3.63, 3.8) is 0 Å². The van der Waals surface area contributed by atoms with E-state index in [4.69, 9.17) is 9.47 Å². The number of hydrogen-bond acceptors (Lipinski definition) is 4. The van der Waals surface area contributed by atoms with Crippen LogP contribution in [0.15, 0.2) is 48.5 Å². The summed E-state index contributed by atoms with van der Waals surface area (Å²) in [7, 11) is 1.62. The molecule has 0 aliphatic carbocycles. The number of amides is 1. The molecule has 0 saturated carbocycles. The van der Waals surface area contributed by atoms with Gasteiger partial charge in [0, 0.05) is 12.5 Å². The second-order valence-corrected chi connectivity index (χ2v) is 6.32. The minimum Gasteiger partial charge on any atom is -0.493 e. The first-order valence-electron chi connectivity index (χ1n) is 8.55. The minimum atomic E-state index is 0. The van der Waals surface area contributed by atoms with Crippen molar-refractivity contribution in [2.75, 3.05) is 20.2 Å². The smallest absolute Gasteiger partial charge is 0.223 e. The summed E-state index contributed by atoms with van der Waals surface area (Å²) in [4.78, 5) is 12.2. The van der Waals surface area contributed by atoms with Gasteiger partial charge in [-0.15, -0.1) is 12.4 Å². The Labute approximate surface area is 160 Å². The maximum atomic E-state index is 12.2. The van der Waals surface area contributed by atoms with Gasteiger partial charge < -0.3 is 20.1 Å². The molecule has 5 nitrogen and oxygen atoms in total. The van der Waals surface area contributed by atoms with Crippen molar-refractivity contribution < 1.29 is 14.3 Å². The van der Waals surface area contributed by atoms with E-state index in [0.717, 1.165) is 24.4 Å². The van der Waals surface area contributed by atoms with Crippen LogP contribution in [0, 0.1) is 11.8 Å². The van der Waals surface area contributed by atoms with Gasteiger partial charge in [0.15, 0.2) is 11.5 Å². The number of benzene rings is 2. The van der Waals surface area contributed by atoms with Gasteiger partial charge in [-0.3, -0.25) is 4.79 Å². The summed E-state index contributed by atoms with van der Waals surface area (Å²) in [6.07, 6.45) is 0. The number of carbonyl (C=O) groups excluding carboxylic acids is 1. The molecule has 2 aromatic carbocycles. The van der Waals surface area contributed by atoms with E-state index in [-0.39, 0.29) is 24.2 Å². The molecule has 2 aromatic rings. The fourth-order valence-corrected chi connectivity index (χ4v) is 2.73. The van der Waals surface area contributed by atoms with Crippen LogP contribution < -0.4 is 20.1 Å². The molecule has 1 aliphatic rings. The van der Waals surface area contributed by atoms with Gasteiger partial charge >= 0.3 is 0 Å². The highest BCUT2D eigenvalue weighted by atomic mass is 35.5. The molecule has 1 unspecified atom stereocenters. The van der Waals surface area contributed by atoms with Crippen molar-refractivity contribution in [2.24, 2.45) is 11.8 Å². The van der Waals surface area contributed by atoms with E-state index in [1.54, 1.807) is 7.11 Å². The van der Waals surface area contributed by atoms with Crippen LogP contribution in [0.2, 0.25) is 0 Å². The van der Waals surface area contributed by atoms with Crippen LogP contribution in [0.4, 0.5) is 0 Å². The molecular formula is C20H25ClN2O3. The van der Waals surface area contributed by atoms with Crippen LogP contribution in [-0.2, 0) is 11.3 Å². The van der Waals surface area contributed by atoms with E-state index in [1.165, 1.54) is 0 Å². The molecular weight excluding hydrogens is 352 g/mol. The number of methoxy groups -OCH3 is 1. The number of rotatable bonds is 7. The molecule has 0 spiro atoms. The van der Waals surface area contributed by atoms with Crippen molar-refractivity contribution in [1.82, 2.24) is 10.6 Å². The molecule has 3 rings (SSSR count). The van der Waals surface area contributed by atoms with Gasteiger partial charge in [0.1, 0.15) is 5.75 Å². The largest absolute Gasteiger partial charge is 0.493 e. The molecule has 1 atom stereocenters. The van der Waals surface area contributed by atoms with Gasteiger partial charge in [0.05, 0.1) is 7.11 Å². The van der Waals surface area contributed by atoms with Crippen molar-refractivity contribution in [2.45, 2.75) is 13.5 Å². The molecule has 0 aromatic heterocycles. The molecule has 0 radical (unpaired) electrons. The van der Waals surface area contributed by atoms with Crippen LogP contribution in [-0.4, -0.2) is 26.1 Å². The summed E-state index contributed by atoms with van der Waals surface area (Å²) >= 11 is 0. The fourth-order valence-electron chi connectivity index (χ4n) is 2.73. The zero-order chi connectivity index (χ0) is 17.6. The Bertz CT molecular complexity index is 717. The fraction of sp³-hybridized carbons (Fsp3) is 0.350. The lowest BCUT2D eigenvalue weighted by molar-refractivity contribution is -0.126. The van der Waals surface area contributed by atoms with Crippen LogP contribution in [0.1, 0.15) is 12.5 Å². The topological polar surface area (TPSA) is 59.6 Å². The average molecular weight is 377 g/mol. The van der Waals surface area contributed by atoms with Gasteiger partial charge in [-0.2, -0.15) is 0 Å². The summed E-state index contributed by atoms with van der Waals surface area (Å²) in [6, 6.07) is 15.2. The van der Waals surface area contributed by atoms with Crippen LogP contribution in [0.25, 0.3) is 0 Å². The summed E-state index contributed by atoms with van der Waals surface area (Å²) in [6.45, 7) is 4.39. The van der Waals surface area contributed by atoms with Crippen LogP contribution >= 0.6 is 12.4 Å². The van der Waals surface area contributed by atoms with Gasteiger partial charge in [-0.05, 0) is 48.8 Å². The Balaban J connectivity index is 0.00000243. The maximum absolute atomic E-state index is 12.2. The molecule has 1 aliphatic heterocycles. The second kappa shape index (κ2) is 9.46. The van der Waals surface area contributed by atoms with E-state index in [0.29, 0.717) is 24.0 Å². The maximum Gasteiger partial charge on any atom is 0.223 e. The zero-order valence-electron chi connectivity index (χ0n) is 15.0. The molecule has 1 amide bonds. The summed E-state index contributed by atoms with van der Waals surface area (Å²) < 4.78 is 11.1.